The molecule has 118 valence electrons. The minimum atomic E-state index is -0.419. The molecule has 1 aromatic carbocycles. The molecule has 0 fully saturated rings. The van der Waals surface area contributed by atoms with Crippen LogP contribution in [-0.4, -0.2) is 17.0 Å². The van der Waals surface area contributed by atoms with Crippen LogP contribution in [0.4, 0.5) is 5.69 Å². The summed E-state index contributed by atoms with van der Waals surface area (Å²) in [5, 5.41) is 12.9. The Bertz CT molecular complexity index is 722. The lowest BCUT2D eigenvalue weighted by molar-refractivity contribution is -0.128. The maximum Gasteiger partial charge on any atom is 0.225 e. The molecule has 23 heavy (non-hydrogen) atoms. The van der Waals surface area contributed by atoms with Crippen LogP contribution in [-0.2, 0) is 4.79 Å². The molecule has 3 rings (SSSR count). The van der Waals surface area contributed by atoms with E-state index in [-0.39, 0.29) is 5.91 Å². The summed E-state index contributed by atoms with van der Waals surface area (Å²) in [4.78, 5) is 14.1. The molecule has 0 spiro atoms. The van der Waals surface area contributed by atoms with Crippen LogP contribution in [0.2, 0.25) is 0 Å². The van der Waals surface area contributed by atoms with Gasteiger partial charge >= 0.3 is 0 Å². The van der Waals surface area contributed by atoms with Crippen molar-refractivity contribution in [3.05, 3.63) is 52.7 Å². The summed E-state index contributed by atoms with van der Waals surface area (Å²) in [6, 6.07) is 10.3. The van der Waals surface area contributed by atoms with Gasteiger partial charge in [0.1, 0.15) is 6.17 Å². The summed E-state index contributed by atoms with van der Waals surface area (Å²) in [5.41, 5.74) is 4.91. The molecule has 1 aliphatic carbocycles. The number of carbonyl (C=O) groups excluding carboxylic acids is 1. The Balaban J connectivity index is 1.98. The molecular formula is C19H21N3O. The number of aryl methyl sites for hydroxylation is 1. The van der Waals surface area contributed by atoms with Gasteiger partial charge in [0.15, 0.2) is 0 Å². The first kappa shape index (κ1) is 15.4. The van der Waals surface area contributed by atoms with Crippen LogP contribution >= 0.6 is 0 Å². The number of nitrogens with zero attached hydrogens (tertiary/aromatic N) is 2. The molecule has 1 amide bonds. The second kappa shape index (κ2) is 6.29. The standard InChI is InChI=1S/C19H21N3O/c1-13-7-9-17(10-8-13)21-19-16(12-20)11-15-5-3-4-6-18(15)22(19)14(2)23/h7-11,19,21H,3-6H2,1-2H3. The van der Waals surface area contributed by atoms with Crippen LogP contribution in [0, 0.1) is 18.3 Å². The maximum absolute atomic E-state index is 12.3. The second-order valence-corrected chi connectivity index (χ2v) is 6.19. The van der Waals surface area contributed by atoms with Crippen LogP contribution in [0.5, 0.6) is 0 Å². The van der Waals surface area contributed by atoms with Gasteiger partial charge in [0.25, 0.3) is 0 Å². The summed E-state index contributed by atoms with van der Waals surface area (Å²) < 4.78 is 0. The largest absolute Gasteiger partial charge is 0.361 e. The molecule has 0 saturated heterocycles. The number of hydrogen-bond acceptors (Lipinski definition) is 3. The zero-order valence-corrected chi connectivity index (χ0v) is 13.6. The van der Waals surface area contributed by atoms with E-state index in [1.165, 1.54) is 5.56 Å². The predicted molar refractivity (Wildman–Crippen MR) is 90.3 cm³/mol. The fourth-order valence-corrected chi connectivity index (χ4v) is 3.32. The van der Waals surface area contributed by atoms with Crippen molar-refractivity contribution in [2.24, 2.45) is 0 Å². The quantitative estimate of drug-likeness (QED) is 0.902. The summed E-state index contributed by atoms with van der Waals surface area (Å²) in [5.74, 6) is -0.0233. The van der Waals surface area contributed by atoms with E-state index in [2.05, 4.69) is 11.4 Å². The first-order valence-electron chi connectivity index (χ1n) is 8.07. The van der Waals surface area contributed by atoms with Crippen LogP contribution in [0.3, 0.4) is 0 Å². The van der Waals surface area contributed by atoms with Crippen molar-refractivity contribution in [1.29, 1.82) is 5.26 Å². The second-order valence-electron chi connectivity index (χ2n) is 6.19. The molecule has 1 aliphatic heterocycles. The number of carbonyl (C=O) groups is 1. The SMILES string of the molecule is CC(=O)N1C2=C(C=C(C#N)C1Nc1ccc(C)cc1)CCCC2. The van der Waals surface area contributed by atoms with Crippen molar-refractivity contribution in [2.45, 2.75) is 45.7 Å². The third kappa shape index (κ3) is 3.00. The smallest absolute Gasteiger partial charge is 0.225 e. The average Bonchev–Trinajstić information content (AvgIpc) is 2.55. The maximum atomic E-state index is 12.3. The molecule has 1 heterocycles. The van der Waals surface area contributed by atoms with Gasteiger partial charge in [-0.05, 0) is 56.4 Å². The van der Waals surface area contributed by atoms with E-state index in [1.54, 1.807) is 11.8 Å². The Morgan fingerprint density at radius 3 is 2.61 bits per heavy atom. The Labute approximate surface area is 137 Å². The first-order valence-corrected chi connectivity index (χ1v) is 8.07. The number of amides is 1. The zero-order valence-electron chi connectivity index (χ0n) is 13.6. The van der Waals surface area contributed by atoms with Gasteiger partial charge in [0.2, 0.25) is 5.91 Å². The molecule has 1 N–H and O–H groups in total. The highest BCUT2D eigenvalue weighted by Gasteiger charge is 2.34. The summed E-state index contributed by atoms with van der Waals surface area (Å²) >= 11 is 0. The molecule has 0 aromatic heterocycles. The third-order valence-corrected chi connectivity index (χ3v) is 4.48. The molecule has 1 atom stereocenters. The van der Waals surface area contributed by atoms with Crippen molar-refractivity contribution in [3.8, 4) is 6.07 Å². The predicted octanol–water partition coefficient (Wildman–Crippen LogP) is 3.87. The minimum absolute atomic E-state index is 0.0233. The van der Waals surface area contributed by atoms with Crippen LogP contribution in [0.15, 0.2) is 47.2 Å². The number of benzene rings is 1. The number of anilines is 1. The summed E-state index contributed by atoms with van der Waals surface area (Å²) in [6.07, 6.45) is 5.61. The lowest BCUT2D eigenvalue weighted by atomic mass is 9.89. The van der Waals surface area contributed by atoms with Gasteiger partial charge in [-0.25, -0.2) is 0 Å². The number of rotatable bonds is 2. The van der Waals surface area contributed by atoms with Crippen molar-refractivity contribution < 1.29 is 4.79 Å². The fourth-order valence-electron chi connectivity index (χ4n) is 3.32. The van der Waals surface area contributed by atoms with Crippen molar-refractivity contribution in [1.82, 2.24) is 4.90 Å². The Morgan fingerprint density at radius 1 is 1.26 bits per heavy atom. The monoisotopic (exact) mass is 307 g/mol. The van der Waals surface area contributed by atoms with E-state index in [4.69, 9.17) is 0 Å². The minimum Gasteiger partial charge on any atom is -0.361 e. The highest BCUT2D eigenvalue weighted by molar-refractivity contribution is 5.78. The van der Waals surface area contributed by atoms with Gasteiger partial charge in [0, 0.05) is 18.3 Å². The number of nitrogens with one attached hydrogen (secondary N) is 1. The topological polar surface area (TPSA) is 56.1 Å². The zero-order chi connectivity index (χ0) is 16.4. The molecule has 1 unspecified atom stereocenters. The molecule has 4 heteroatoms. The van der Waals surface area contributed by atoms with E-state index in [9.17, 15) is 10.1 Å². The van der Waals surface area contributed by atoms with Gasteiger partial charge in [-0.1, -0.05) is 17.7 Å². The lowest BCUT2D eigenvalue weighted by Crippen LogP contribution is -2.46. The lowest BCUT2D eigenvalue weighted by Gasteiger charge is -2.39. The average molecular weight is 307 g/mol. The Hall–Kier alpha value is -2.54. The first-order chi connectivity index (χ1) is 11.1. The molecule has 0 saturated carbocycles. The number of allylic oxidation sites excluding steroid dienone is 3. The fraction of sp³-hybridized carbons (Fsp3) is 0.368. The van der Waals surface area contributed by atoms with E-state index < -0.39 is 6.17 Å². The van der Waals surface area contributed by atoms with Gasteiger partial charge in [-0.2, -0.15) is 5.26 Å². The Kier molecular flexibility index (Phi) is 4.20. The normalized spacial score (nSPS) is 20.5. The van der Waals surface area contributed by atoms with Crippen molar-refractivity contribution in [2.75, 3.05) is 5.32 Å². The summed E-state index contributed by atoms with van der Waals surface area (Å²) in [7, 11) is 0. The molecule has 2 aliphatic rings. The van der Waals surface area contributed by atoms with E-state index >= 15 is 0 Å². The van der Waals surface area contributed by atoms with E-state index in [0.717, 1.165) is 42.6 Å². The molecule has 4 nitrogen and oxygen atoms in total. The van der Waals surface area contributed by atoms with Gasteiger partial charge in [0.05, 0.1) is 11.6 Å². The highest BCUT2D eigenvalue weighted by Crippen LogP contribution is 2.36. The molecule has 0 radical (unpaired) electrons. The van der Waals surface area contributed by atoms with Gasteiger partial charge < -0.3 is 5.32 Å². The summed E-state index contributed by atoms with van der Waals surface area (Å²) in [6.45, 7) is 3.61. The molecule has 1 aromatic rings. The van der Waals surface area contributed by atoms with Crippen molar-refractivity contribution in [3.63, 3.8) is 0 Å². The molecular weight excluding hydrogens is 286 g/mol. The van der Waals surface area contributed by atoms with Crippen molar-refractivity contribution >= 4 is 11.6 Å². The van der Waals surface area contributed by atoms with E-state index in [1.807, 2.05) is 37.3 Å². The third-order valence-electron chi connectivity index (χ3n) is 4.48. The van der Waals surface area contributed by atoms with Crippen LogP contribution in [0.25, 0.3) is 0 Å². The van der Waals surface area contributed by atoms with Crippen LogP contribution in [0.1, 0.15) is 38.2 Å². The molecule has 0 bridgehead atoms. The number of hydrogen-bond donors (Lipinski definition) is 1. The Morgan fingerprint density at radius 2 is 1.96 bits per heavy atom. The number of nitriles is 1. The van der Waals surface area contributed by atoms with Gasteiger partial charge in [-0.15, -0.1) is 0 Å². The van der Waals surface area contributed by atoms with E-state index in [0.29, 0.717) is 5.57 Å². The van der Waals surface area contributed by atoms with Gasteiger partial charge in [-0.3, -0.25) is 9.69 Å². The highest BCUT2D eigenvalue weighted by atomic mass is 16.2. The van der Waals surface area contributed by atoms with Crippen LogP contribution < -0.4 is 5.32 Å².